The van der Waals surface area contributed by atoms with Crippen LogP contribution in [0.5, 0.6) is 0 Å². The number of hydrogen-bond donors (Lipinski definition) is 1. The van der Waals surface area contributed by atoms with Gasteiger partial charge in [0.1, 0.15) is 5.82 Å². The van der Waals surface area contributed by atoms with Gasteiger partial charge in [0.05, 0.1) is 0 Å². The minimum atomic E-state index is -0.150. The molecule has 1 aromatic rings. The number of hydrogen-bond acceptors (Lipinski definition) is 3. The van der Waals surface area contributed by atoms with Crippen molar-refractivity contribution in [3.63, 3.8) is 0 Å². The Kier molecular flexibility index (Phi) is 5.59. The van der Waals surface area contributed by atoms with Crippen molar-refractivity contribution in [3.05, 3.63) is 29.6 Å². The number of benzene rings is 1. The molecule has 0 unspecified atom stereocenters. The van der Waals surface area contributed by atoms with E-state index in [-0.39, 0.29) is 5.82 Å². The SMILES string of the molecule is CC(C)NCc1cc(F)ccc1N1CCC(N(C)C)CC1. The van der Waals surface area contributed by atoms with Gasteiger partial charge < -0.3 is 15.1 Å². The molecule has 1 N–H and O–H groups in total. The van der Waals surface area contributed by atoms with Gasteiger partial charge in [-0.2, -0.15) is 0 Å². The first-order valence-corrected chi connectivity index (χ1v) is 7.90. The first-order valence-electron chi connectivity index (χ1n) is 7.90. The van der Waals surface area contributed by atoms with Crippen molar-refractivity contribution in [3.8, 4) is 0 Å². The summed E-state index contributed by atoms with van der Waals surface area (Å²) in [6.07, 6.45) is 2.34. The maximum Gasteiger partial charge on any atom is 0.123 e. The zero-order valence-corrected chi connectivity index (χ0v) is 13.7. The summed E-state index contributed by atoms with van der Waals surface area (Å²) in [6, 6.07) is 6.25. The average molecular weight is 293 g/mol. The summed E-state index contributed by atoms with van der Waals surface area (Å²) in [6.45, 7) is 7.04. The molecule has 0 bridgehead atoms. The Morgan fingerprint density at radius 3 is 2.52 bits per heavy atom. The van der Waals surface area contributed by atoms with Gasteiger partial charge >= 0.3 is 0 Å². The molecule has 0 saturated carbocycles. The van der Waals surface area contributed by atoms with Crippen molar-refractivity contribution in [2.24, 2.45) is 0 Å². The van der Waals surface area contributed by atoms with Gasteiger partial charge in [-0.3, -0.25) is 0 Å². The van der Waals surface area contributed by atoms with Crippen LogP contribution < -0.4 is 10.2 Å². The first-order chi connectivity index (χ1) is 9.97. The highest BCUT2D eigenvalue weighted by Gasteiger charge is 2.22. The second kappa shape index (κ2) is 7.23. The van der Waals surface area contributed by atoms with Crippen LogP contribution in [0.2, 0.25) is 0 Å². The van der Waals surface area contributed by atoms with E-state index in [2.05, 4.69) is 43.1 Å². The van der Waals surface area contributed by atoms with E-state index in [1.807, 2.05) is 6.07 Å². The molecule has 1 heterocycles. The number of halogens is 1. The fourth-order valence-corrected chi connectivity index (χ4v) is 2.94. The number of piperidine rings is 1. The smallest absolute Gasteiger partial charge is 0.123 e. The Hall–Kier alpha value is -1.13. The lowest BCUT2D eigenvalue weighted by atomic mass is 10.0. The van der Waals surface area contributed by atoms with E-state index in [1.165, 1.54) is 18.5 Å². The molecule has 0 spiro atoms. The lowest BCUT2D eigenvalue weighted by Gasteiger charge is -2.37. The van der Waals surface area contributed by atoms with E-state index in [0.29, 0.717) is 12.1 Å². The fourth-order valence-electron chi connectivity index (χ4n) is 2.94. The van der Waals surface area contributed by atoms with Crippen molar-refractivity contribution in [1.29, 1.82) is 0 Å². The third-order valence-corrected chi connectivity index (χ3v) is 4.28. The summed E-state index contributed by atoms with van der Waals surface area (Å²) in [7, 11) is 4.30. The molecule has 1 saturated heterocycles. The maximum atomic E-state index is 13.6. The second-order valence-corrected chi connectivity index (χ2v) is 6.49. The van der Waals surface area contributed by atoms with Gasteiger partial charge in [-0.15, -0.1) is 0 Å². The predicted octanol–water partition coefficient (Wildman–Crippen LogP) is 2.85. The van der Waals surface area contributed by atoms with Gasteiger partial charge in [-0.05, 0) is 50.7 Å². The molecule has 1 fully saturated rings. The van der Waals surface area contributed by atoms with Crippen molar-refractivity contribution < 1.29 is 4.39 Å². The molecule has 0 aliphatic carbocycles. The highest BCUT2D eigenvalue weighted by molar-refractivity contribution is 5.54. The fraction of sp³-hybridized carbons (Fsp3) is 0.647. The van der Waals surface area contributed by atoms with Crippen LogP contribution in [-0.2, 0) is 6.54 Å². The minimum absolute atomic E-state index is 0.150. The van der Waals surface area contributed by atoms with Crippen LogP contribution in [0.25, 0.3) is 0 Å². The van der Waals surface area contributed by atoms with E-state index in [0.717, 1.165) is 25.2 Å². The zero-order chi connectivity index (χ0) is 15.4. The van der Waals surface area contributed by atoms with Crippen molar-refractivity contribution in [2.75, 3.05) is 32.1 Å². The van der Waals surface area contributed by atoms with Gasteiger partial charge in [0.25, 0.3) is 0 Å². The van der Waals surface area contributed by atoms with Gasteiger partial charge in [-0.25, -0.2) is 4.39 Å². The van der Waals surface area contributed by atoms with E-state index >= 15 is 0 Å². The average Bonchev–Trinajstić information content (AvgIpc) is 2.45. The van der Waals surface area contributed by atoms with Crippen molar-refractivity contribution in [1.82, 2.24) is 10.2 Å². The quantitative estimate of drug-likeness (QED) is 0.900. The summed E-state index contributed by atoms with van der Waals surface area (Å²) in [5, 5.41) is 3.39. The Labute approximate surface area is 128 Å². The van der Waals surface area contributed by atoms with Crippen LogP contribution in [0.4, 0.5) is 10.1 Å². The molecular weight excluding hydrogens is 265 g/mol. The Bertz CT molecular complexity index is 451. The van der Waals surface area contributed by atoms with Crippen LogP contribution >= 0.6 is 0 Å². The molecule has 2 rings (SSSR count). The van der Waals surface area contributed by atoms with Crippen LogP contribution in [0.3, 0.4) is 0 Å². The lowest BCUT2D eigenvalue weighted by molar-refractivity contribution is 0.249. The van der Waals surface area contributed by atoms with Crippen LogP contribution in [0, 0.1) is 5.82 Å². The second-order valence-electron chi connectivity index (χ2n) is 6.49. The molecule has 0 atom stereocenters. The molecule has 3 nitrogen and oxygen atoms in total. The molecule has 1 aliphatic heterocycles. The highest BCUT2D eigenvalue weighted by Crippen LogP contribution is 2.26. The van der Waals surface area contributed by atoms with E-state index in [9.17, 15) is 4.39 Å². The standard InChI is InChI=1S/C17H28FN3/c1-13(2)19-12-14-11-15(18)5-6-17(14)21-9-7-16(8-10-21)20(3)4/h5-6,11,13,16,19H,7-10,12H2,1-4H3. The number of nitrogens with one attached hydrogen (secondary N) is 1. The molecule has 4 heteroatoms. The van der Waals surface area contributed by atoms with Gasteiger partial charge in [0, 0.05) is 37.4 Å². The summed E-state index contributed by atoms with van der Waals surface area (Å²) >= 11 is 0. The van der Waals surface area contributed by atoms with Crippen LogP contribution in [0.1, 0.15) is 32.3 Å². The van der Waals surface area contributed by atoms with Crippen molar-refractivity contribution >= 4 is 5.69 Å². The van der Waals surface area contributed by atoms with Gasteiger partial charge in [0.15, 0.2) is 0 Å². The van der Waals surface area contributed by atoms with Crippen molar-refractivity contribution in [2.45, 2.75) is 45.3 Å². The molecule has 1 aliphatic rings. The molecule has 118 valence electrons. The maximum absolute atomic E-state index is 13.6. The molecule has 0 aromatic heterocycles. The van der Waals surface area contributed by atoms with E-state index in [4.69, 9.17) is 0 Å². The summed E-state index contributed by atoms with van der Waals surface area (Å²) in [4.78, 5) is 4.71. The topological polar surface area (TPSA) is 18.5 Å². The third kappa shape index (κ3) is 4.42. The zero-order valence-electron chi connectivity index (χ0n) is 13.7. The lowest BCUT2D eigenvalue weighted by Crippen LogP contribution is -2.42. The molecule has 0 amide bonds. The third-order valence-electron chi connectivity index (χ3n) is 4.28. The van der Waals surface area contributed by atoms with Gasteiger partial charge in [0.2, 0.25) is 0 Å². The van der Waals surface area contributed by atoms with E-state index < -0.39 is 0 Å². The normalized spacial score (nSPS) is 17.0. The summed E-state index contributed by atoms with van der Waals surface area (Å²) < 4.78 is 13.6. The first kappa shape index (κ1) is 16.2. The number of rotatable bonds is 5. The summed E-state index contributed by atoms with van der Waals surface area (Å²) in [5.41, 5.74) is 2.24. The van der Waals surface area contributed by atoms with E-state index in [1.54, 1.807) is 12.1 Å². The van der Waals surface area contributed by atoms with Gasteiger partial charge in [-0.1, -0.05) is 13.8 Å². The largest absolute Gasteiger partial charge is 0.371 e. The van der Waals surface area contributed by atoms with Crippen LogP contribution in [0.15, 0.2) is 18.2 Å². The molecule has 21 heavy (non-hydrogen) atoms. The Morgan fingerprint density at radius 1 is 1.29 bits per heavy atom. The molecular formula is C17H28FN3. The minimum Gasteiger partial charge on any atom is -0.371 e. The Morgan fingerprint density at radius 2 is 1.95 bits per heavy atom. The molecule has 0 radical (unpaired) electrons. The number of anilines is 1. The predicted molar refractivity (Wildman–Crippen MR) is 87.3 cm³/mol. The monoisotopic (exact) mass is 293 g/mol. The Balaban J connectivity index is 2.08. The highest BCUT2D eigenvalue weighted by atomic mass is 19.1. The number of nitrogens with zero attached hydrogens (tertiary/aromatic N) is 2. The molecule has 1 aromatic carbocycles. The summed E-state index contributed by atoms with van der Waals surface area (Å²) in [5.74, 6) is -0.150. The van der Waals surface area contributed by atoms with Crippen LogP contribution in [-0.4, -0.2) is 44.2 Å².